The van der Waals surface area contributed by atoms with Gasteiger partial charge in [-0.1, -0.05) is 115 Å². The summed E-state index contributed by atoms with van der Waals surface area (Å²) in [5.41, 5.74) is 10.6. The Morgan fingerprint density at radius 2 is 0.778 bits per heavy atom. The van der Waals surface area contributed by atoms with Crippen LogP contribution >= 0.6 is 0 Å². The number of benzene rings is 5. The molecule has 0 aliphatic heterocycles. The first kappa shape index (κ1) is 21.8. The molecule has 0 saturated carbocycles. The van der Waals surface area contributed by atoms with E-state index in [2.05, 4.69) is 162 Å². The van der Waals surface area contributed by atoms with Crippen molar-refractivity contribution in [2.45, 2.75) is 0 Å². The van der Waals surface area contributed by atoms with Crippen molar-refractivity contribution in [2.24, 2.45) is 0 Å². The van der Waals surface area contributed by atoms with E-state index in [-0.39, 0.29) is 0 Å². The Morgan fingerprint density at radius 3 is 1.31 bits per heavy atom. The first-order valence-corrected chi connectivity index (χ1v) is 12.3. The molecule has 5 aromatic carbocycles. The van der Waals surface area contributed by atoms with Crippen molar-refractivity contribution >= 4 is 0 Å². The Labute approximate surface area is 212 Å². The van der Waals surface area contributed by atoms with E-state index < -0.39 is 0 Å². The maximum absolute atomic E-state index is 2.42. The molecule has 0 bridgehead atoms. The van der Waals surface area contributed by atoms with Crippen molar-refractivity contribution in [2.75, 3.05) is 0 Å². The third-order valence-corrected chi connectivity index (χ3v) is 6.53. The molecule has 0 fully saturated rings. The van der Waals surface area contributed by atoms with Crippen LogP contribution in [-0.4, -0.2) is 0 Å². The number of hydrogen-bond donors (Lipinski definition) is 0. The van der Waals surface area contributed by atoms with Crippen LogP contribution < -0.4 is 4.57 Å². The second kappa shape index (κ2) is 9.85. The molecule has 36 heavy (non-hydrogen) atoms. The van der Waals surface area contributed by atoms with Gasteiger partial charge in [0.25, 0.3) is 0 Å². The highest BCUT2D eigenvalue weighted by Gasteiger charge is 2.30. The van der Waals surface area contributed by atoms with Crippen LogP contribution in [0.2, 0.25) is 0 Å². The van der Waals surface area contributed by atoms with Gasteiger partial charge in [0.05, 0.1) is 5.56 Å². The van der Waals surface area contributed by atoms with Gasteiger partial charge in [-0.3, -0.25) is 0 Å². The van der Waals surface area contributed by atoms with Crippen molar-refractivity contribution in [1.29, 1.82) is 0 Å². The second-order valence-electron chi connectivity index (χ2n) is 8.80. The van der Waals surface area contributed by atoms with Gasteiger partial charge in [0.15, 0.2) is 0 Å². The highest BCUT2D eigenvalue weighted by atomic mass is 15.0. The highest BCUT2D eigenvalue weighted by molar-refractivity contribution is 5.93. The van der Waals surface area contributed by atoms with Crippen LogP contribution in [0.3, 0.4) is 0 Å². The van der Waals surface area contributed by atoms with Crippen molar-refractivity contribution in [3.63, 3.8) is 0 Å². The van der Waals surface area contributed by atoms with Crippen LogP contribution in [-0.2, 0) is 0 Å². The van der Waals surface area contributed by atoms with Gasteiger partial charge in [-0.05, 0) is 35.4 Å². The van der Waals surface area contributed by atoms with E-state index in [1.807, 2.05) is 0 Å². The summed E-state index contributed by atoms with van der Waals surface area (Å²) in [5, 5.41) is 0. The van der Waals surface area contributed by atoms with Crippen LogP contribution in [0, 0.1) is 0 Å². The van der Waals surface area contributed by atoms with Gasteiger partial charge >= 0.3 is 0 Å². The van der Waals surface area contributed by atoms with Crippen LogP contribution in [0.5, 0.6) is 0 Å². The second-order valence-corrected chi connectivity index (χ2v) is 8.80. The standard InChI is InChI=1S/C35H26N/c1-6-16-27(17-7-1)32-26-33(28-18-8-2-9-19-28)36(31-24-14-5-15-25-31)35(30-22-12-4-13-23-30)34(32)29-20-10-3-11-21-29/h1-26H/q+1. The molecule has 1 aromatic heterocycles. The minimum absolute atomic E-state index is 1.13. The minimum Gasteiger partial charge on any atom is -0.152 e. The van der Waals surface area contributed by atoms with E-state index >= 15 is 0 Å². The molecule has 0 saturated heterocycles. The summed E-state index contributed by atoms with van der Waals surface area (Å²) >= 11 is 0. The van der Waals surface area contributed by atoms with Crippen LogP contribution in [0.4, 0.5) is 0 Å². The first-order chi connectivity index (χ1) is 17.9. The monoisotopic (exact) mass is 460 g/mol. The lowest BCUT2D eigenvalue weighted by atomic mass is 9.88. The summed E-state index contributed by atoms with van der Waals surface area (Å²) in [6.45, 7) is 0. The fourth-order valence-corrected chi connectivity index (χ4v) is 4.91. The van der Waals surface area contributed by atoms with Crippen molar-refractivity contribution in [3.8, 4) is 50.5 Å². The van der Waals surface area contributed by atoms with Gasteiger partial charge in [0.1, 0.15) is 0 Å². The topological polar surface area (TPSA) is 3.88 Å². The molecule has 0 spiro atoms. The van der Waals surface area contributed by atoms with Gasteiger partial charge < -0.3 is 0 Å². The number of nitrogens with zero attached hydrogens (tertiary/aromatic N) is 1. The molecule has 1 heteroatoms. The quantitative estimate of drug-likeness (QED) is 0.227. The molecule has 0 radical (unpaired) electrons. The number of para-hydroxylation sites is 1. The predicted molar refractivity (Wildman–Crippen MR) is 150 cm³/mol. The minimum atomic E-state index is 1.13. The lowest BCUT2D eigenvalue weighted by Crippen LogP contribution is -2.37. The third kappa shape index (κ3) is 4.12. The lowest BCUT2D eigenvalue weighted by Gasteiger charge is -2.18. The van der Waals surface area contributed by atoms with E-state index in [4.69, 9.17) is 0 Å². The van der Waals surface area contributed by atoms with Gasteiger partial charge in [-0.25, -0.2) is 0 Å². The molecule has 0 N–H and O–H groups in total. The van der Waals surface area contributed by atoms with Gasteiger partial charge in [-0.2, -0.15) is 4.57 Å². The summed E-state index contributed by atoms with van der Waals surface area (Å²) in [7, 11) is 0. The normalized spacial score (nSPS) is 10.8. The summed E-state index contributed by atoms with van der Waals surface area (Å²) in [6.07, 6.45) is 0. The molecule has 0 aliphatic rings. The van der Waals surface area contributed by atoms with Gasteiger partial charge in [0.2, 0.25) is 17.1 Å². The number of aromatic nitrogens is 1. The van der Waals surface area contributed by atoms with E-state index in [9.17, 15) is 0 Å². The molecule has 1 heterocycles. The Morgan fingerprint density at radius 1 is 0.361 bits per heavy atom. The van der Waals surface area contributed by atoms with Crippen molar-refractivity contribution in [3.05, 3.63) is 158 Å². The molecular formula is C35H26N+. The van der Waals surface area contributed by atoms with E-state index in [0.29, 0.717) is 0 Å². The third-order valence-electron chi connectivity index (χ3n) is 6.53. The van der Waals surface area contributed by atoms with Crippen LogP contribution in [0.1, 0.15) is 0 Å². The summed E-state index contributed by atoms with van der Waals surface area (Å²) in [5.74, 6) is 0. The molecule has 0 atom stereocenters. The summed E-state index contributed by atoms with van der Waals surface area (Å²) in [6, 6.07) is 55.9. The zero-order valence-corrected chi connectivity index (χ0v) is 20.0. The molecule has 6 aromatic rings. The molecule has 0 aliphatic carbocycles. The van der Waals surface area contributed by atoms with E-state index in [0.717, 1.165) is 11.4 Å². The maximum atomic E-state index is 2.42. The molecule has 170 valence electrons. The predicted octanol–water partition coefficient (Wildman–Crippen LogP) is 8.63. The lowest BCUT2D eigenvalue weighted by molar-refractivity contribution is -0.571. The molecule has 0 amide bonds. The average molecular weight is 461 g/mol. The summed E-state index contributed by atoms with van der Waals surface area (Å²) in [4.78, 5) is 0. The molecule has 6 rings (SSSR count). The largest absolute Gasteiger partial charge is 0.227 e. The molecule has 1 nitrogen and oxygen atoms in total. The smallest absolute Gasteiger partial charge is 0.152 e. The Balaban J connectivity index is 1.84. The van der Waals surface area contributed by atoms with E-state index in [1.54, 1.807) is 0 Å². The Bertz CT molecular complexity index is 1470. The highest BCUT2D eigenvalue weighted by Crippen LogP contribution is 2.41. The molecular weight excluding hydrogens is 434 g/mol. The SMILES string of the molecule is c1ccc(-c2cc(-c3ccccc3)[n+](-c3ccccc3)c(-c3ccccc3)c2-c2ccccc2)cc1. The fourth-order valence-electron chi connectivity index (χ4n) is 4.91. The van der Waals surface area contributed by atoms with Crippen molar-refractivity contribution in [1.82, 2.24) is 0 Å². The van der Waals surface area contributed by atoms with Crippen LogP contribution in [0.25, 0.3) is 50.5 Å². The summed E-state index contributed by atoms with van der Waals surface area (Å²) < 4.78 is 2.42. The van der Waals surface area contributed by atoms with Crippen molar-refractivity contribution < 1.29 is 4.57 Å². The fraction of sp³-hybridized carbons (Fsp3) is 0. The zero-order valence-electron chi connectivity index (χ0n) is 20.0. The number of hydrogen-bond acceptors (Lipinski definition) is 0. The maximum Gasteiger partial charge on any atom is 0.227 e. The van der Waals surface area contributed by atoms with Gasteiger partial charge in [0, 0.05) is 34.9 Å². The number of pyridine rings is 1. The first-order valence-electron chi connectivity index (χ1n) is 12.3. The van der Waals surface area contributed by atoms with Gasteiger partial charge in [-0.15, -0.1) is 0 Å². The Hall–Kier alpha value is -4.75. The van der Waals surface area contributed by atoms with Crippen LogP contribution in [0.15, 0.2) is 158 Å². The average Bonchev–Trinajstić information content (AvgIpc) is 2.98. The molecule has 0 unspecified atom stereocenters. The van der Waals surface area contributed by atoms with E-state index in [1.165, 1.54) is 39.1 Å². The zero-order chi connectivity index (χ0) is 24.2. The number of rotatable bonds is 5. The Kier molecular flexibility index (Phi) is 5.96.